The topological polar surface area (TPSA) is 98.9 Å². The average Bonchev–Trinajstić information content (AvgIpc) is 2.90. The quantitative estimate of drug-likeness (QED) is 0.387. The van der Waals surface area contributed by atoms with Crippen LogP contribution in [0.2, 0.25) is 0 Å². The standard InChI is InChI=1S/C14H13NO6/c1-2-9(3-4-13(16)17)5-10-6-11(15(18)19)14-12(7-10)20-8-21-14/h3-7H,2,8H2,1H3,(H,16,17). The highest BCUT2D eigenvalue weighted by molar-refractivity contribution is 5.81. The largest absolute Gasteiger partial charge is 0.478 e. The van der Waals surface area contributed by atoms with Crippen LogP contribution in [0, 0.1) is 10.1 Å². The molecular weight excluding hydrogens is 278 g/mol. The molecule has 21 heavy (non-hydrogen) atoms. The van der Waals surface area contributed by atoms with E-state index in [9.17, 15) is 14.9 Å². The van der Waals surface area contributed by atoms with Gasteiger partial charge in [0.25, 0.3) is 0 Å². The van der Waals surface area contributed by atoms with E-state index in [4.69, 9.17) is 14.6 Å². The van der Waals surface area contributed by atoms with Crippen LogP contribution in [0.3, 0.4) is 0 Å². The number of ether oxygens (including phenoxy) is 2. The zero-order valence-corrected chi connectivity index (χ0v) is 11.2. The number of benzene rings is 1. The SMILES string of the molecule is CCC(C=CC(=O)O)=Cc1cc2c(c([N+](=O)[O-])c1)OCO2. The molecule has 1 aliphatic rings. The number of nitro groups is 1. The van der Waals surface area contributed by atoms with Crippen molar-refractivity contribution in [3.8, 4) is 11.5 Å². The Kier molecular flexibility index (Phi) is 4.22. The molecule has 0 radical (unpaired) electrons. The number of nitrogens with zero attached hydrogens (tertiary/aromatic N) is 1. The number of nitro benzene ring substituents is 1. The van der Waals surface area contributed by atoms with E-state index in [2.05, 4.69) is 0 Å². The molecule has 0 unspecified atom stereocenters. The van der Waals surface area contributed by atoms with Gasteiger partial charge in [-0.25, -0.2) is 4.79 Å². The lowest BCUT2D eigenvalue weighted by molar-refractivity contribution is -0.385. The average molecular weight is 291 g/mol. The van der Waals surface area contributed by atoms with Crippen molar-refractivity contribution >= 4 is 17.7 Å². The molecule has 1 N–H and O–H groups in total. The maximum atomic E-state index is 11.0. The van der Waals surface area contributed by atoms with Gasteiger partial charge in [0.2, 0.25) is 12.5 Å². The molecule has 0 aromatic heterocycles. The fourth-order valence-corrected chi connectivity index (χ4v) is 1.89. The van der Waals surface area contributed by atoms with Gasteiger partial charge >= 0.3 is 11.7 Å². The molecule has 1 aromatic rings. The van der Waals surface area contributed by atoms with Gasteiger partial charge in [-0.2, -0.15) is 0 Å². The van der Waals surface area contributed by atoms with E-state index in [1.165, 1.54) is 12.1 Å². The normalized spacial score (nSPS) is 13.7. The van der Waals surface area contributed by atoms with E-state index >= 15 is 0 Å². The van der Waals surface area contributed by atoms with Crippen molar-refractivity contribution in [3.63, 3.8) is 0 Å². The van der Waals surface area contributed by atoms with E-state index in [1.54, 1.807) is 12.1 Å². The van der Waals surface area contributed by atoms with Crippen molar-refractivity contribution in [1.29, 1.82) is 0 Å². The molecule has 0 amide bonds. The third-order valence-corrected chi connectivity index (χ3v) is 2.87. The molecule has 0 bridgehead atoms. The highest BCUT2D eigenvalue weighted by Crippen LogP contribution is 2.42. The van der Waals surface area contributed by atoms with Crippen LogP contribution in [-0.4, -0.2) is 22.8 Å². The maximum absolute atomic E-state index is 11.0. The number of rotatable bonds is 5. The molecule has 110 valence electrons. The Bertz CT molecular complexity index is 647. The Balaban J connectivity index is 2.42. The van der Waals surface area contributed by atoms with Crippen LogP contribution in [0.25, 0.3) is 6.08 Å². The molecule has 0 spiro atoms. The Morgan fingerprint density at radius 3 is 2.81 bits per heavy atom. The minimum Gasteiger partial charge on any atom is -0.478 e. The number of hydrogen-bond acceptors (Lipinski definition) is 5. The third kappa shape index (κ3) is 3.38. The highest BCUT2D eigenvalue weighted by Gasteiger charge is 2.26. The van der Waals surface area contributed by atoms with Crippen molar-refractivity contribution in [3.05, 3.63) is 45.5 Å². The van der Waals surface area contributed by atoms with E-state index in [0.29, 0.717) is 17.7 Å². The smallest absolute Gasteiger partial charge is 0.328 e. The van der Waals surface area contributed by atoms with Gasteiger partial charge in [-0.15, -0.1) is 0 Å². The van der Waals surface area contributed by atoms with Crippen molar-refractivity contribution in [2.24, 2.45) is 0 Å². The molecule has 7 heteroatoms. The number of carboxylic acids is 1. The lowest BCUT2D eigenvalue weighted by atomic mass is 10.1. The molecule has 1 heterocycles. The van der Waals surface area contributed by atoms with Crippen LogP contribution >= 0.6 is 0 Å². The van der Waals surface area contributed by atoms with Crippen molar-refractivity contribution in [1.82, 2.24) is 0 Å². The molecule has 0 saturated carbocycles. The van der Waals surface area contributed by atoms with Gasteiger partial charge < -0.3 is 14.6 Å². The summed E-state index contributed by atoms with van der Waals surface area (Å²) in [6, 6.07) is 3.00. The second kappa shape index (κ2) is 6.08. The molecule has 0 saturated heterocycles. The first-order valence-electron chi connectivity index (χ1n) is 6.21. The van der Waals surface area contributed by atoms with Gasteiger partial charge in [-0.1, -0.05) is 19.1 Å². The maximum Gasteiger partial charge on any atom is 0.328 e. The molecule has 1 aliphatic heterocycles. The van der Waals surface area contributed by atoms with E-state index in [0.717, 1.165) is 11.6 Å². The zero-order chi connectivity index (χ0) is 15.4. The summed E-state index contributed by atoms with van der Waals surface area (Å²) < 4.78 is 10.3. The summed E-state index contributed by atoms with van der Waals surface area (Å²) in [5.41, 5.74) is 1.11. The second-order valence-corrected chi connectivity index (χ2v) is 4.28. The predicted molar refractivity (Wildman–Crippen MR) is 74.3 cm³/mol. The van der Waals surface area contributed by atoms with Crippen LogP contribution < -0.4 is 9.47 Å². The zero-order valence-electron chi connectivity index (χ0n) is 11.2. The van der Waals surface area contributed by atoms with Gasteiger partial charge in [0.15, 0.2) is 5.75 Å². The fourth-order valence-electron chi connectivity index (χ4n) is 1.89. The monoisotopic (exact) mass is 291 g/mol. The Hall–Kier alpha value is -2.83. The molecule has 7 nitrogen and oxygen atoms in total. The lowest BCUT2D eigenvalue weighted by Gasteiger charge is -2.02. The molecule has 0 atom stereocenters. The second-order valence-electron chi connectivity index (χ2n) is 4.28. The van der Waals surface area contributed by atoms with Crippen LogP contribution in [0.1, 0.15) is 18.9 Å². The summed E-state index contributed by atoms with van der Waals surface area (Å²) >= 11 is 0. The number of aliphatic carboxylic acids is 1. The summed E-state index contributed by atoms with van der Waals surface area (Å²) in [7, 11) is 0. The van der Waals surface area contributed by atoms with Crippen molar-refractivity contribution in [2.45, 2.75) is 13.3 Å². The number of hydrogen-bond donors (Lipinski definition) is 1. The van der Waals surface area contributed by atoms with Crippen molar-refractivity contribution < 1.29 is 24.3 Å². The van der Waals surface area contributed by atoms with Crippen LogP contribution in [0.4, 0.5) is 5.69 Å². The summed E-state index contributed by atoms with van der Waals surface area (Å²) in [6.07, 6.45) is 4.75. The lowest BCUT2D eigenvalue weighted by Crippen LogP contribution is -1.95. The molecule has 0 fully saturated rings. The Labute approximate surface area is 120 Å². The third-order valence-electron chi connectivity index (χ3n) is 2.87. The first-order chi connectivity index (χ1) is 10.0. The number of fused-ring (bicyclic) bond motifs is 1. The van der Waals surface area contributed by atoms with E-state index in [1.807, 2.05) is 6.92 Å². The molecule has 2 rings (SSSR count). The Morgan fingerprint density at radius 1 is 1.43 bits per heavy atom. The fraction of sp³-hybridized carbons (Fsp3) is 0.214. The summed E-state index contributed by atoms with van der Waals surface area (Å²) in [6.45, 7) is 1.81. The van der Waals surface area contributed by atoms with Crippen LogP contribution in [0.15, 0.2) is 29.9 Å². The minimum atomic E-state index is -1.05. The number of carboxylic acid groups (broad SMARTS) is 1. The van der Waals surface area contributed by atoms with Crippen molar-refractivity contribution in [2.75, 3.05) is 6.79 Å². The van der Waals surface area contributed by atoms with Gasteiger partial charge in [-0.05, 0) is 23.6 Å². The number of allylic oxidation sites excluding steroid dienone is 2. The van der Waals surface area contributed by atoms with Gasteiger partial charge in [-0.3, -0.25) is 10.1 Å². The summed E-state index contributed by atoms with van der Waals surface area (Å²) in [5, 5.41) is 19.7. The predicted octanol–water partition coefficient (Wildman–Crippen LogP) is 2.76. The van der Waals surface area contributed by atoms with E-state index in [-0.39, 0.29) is 18.2 Å². The minimum absolute atomic E-state index is 0.0527. The molecule has 0 aliphatic carbocycles. The summed E-state index contributed by atoms with van der Waals surface area (Å²) in [5.74, 6) is -0.615. The van der Waals surface area contributed by atoms with Crippen LogP contribution in [0.5, 0.6) is 11.5 Å². The first-order valence-corrected chi connectivity index (χ1v) is 6.21. The number of carbonyl (C=O) groups is 1. The van der Waals surface area contributed by atoms with Gasteiger partial charge in [0, 0.05) is 12.1 Å². The van der Waals surface area contributed by atoms with Gasteiger partial charge in [0.1, 0.15) is 0 Å². The first kappa shape index (κ1) is 14.6. The van der Waals surface area contributed by atoms with Crippen LogP contribution in [-0.2, 0) is 4.79 Å². The highest BCUT2D eigenvalue weighted by atomic mass is 16.7. The molecular formula is C14H13NO6. The summed E-state index contributed by atoms with van der Waals surface area (Å²) in [4.78, 5) is 21.0. The molecule has 1 aromatic carbocycles. The van der Waals surface area contributed by atoms with E-state index < -0.39 is 10.9 Å². The Morgan fingerprint density at radius 2 is 2.19 bits per heavy atom. The van der Waals surface area contributed by atoms with Gasteiger partial charge in [0.05, 0.1) is 4.92 Å².